The van der Waals surface area contributed by atoms with E-state index < -0.39 is 34.2 Å². The zero-order valence-electron chi connectivity index (χ0n) is 15.9. The van der Waals surface area contributed by atoms with Crippen LogP contribution in [0, 0.1) is 0 Å². The molecule has 8 heteroatoms. The predicted molar refractivity (Wildman–Crippen MR) is 102 cm³/mol. The molecule has 0 aromatic carbocycles. The van der Waals surface area contributed by atoms with Crippen molar-refractivity contribution in [1.29, 1.82) is 0 Å². The van der Waals surface area contributed by atoms with Gasteiger partial charge in [-0.15, -0.1) is 0 Å². The van der Waals surface area contributed by atoms with Crippen molar-refractivity contribution in [3.05, 3.63) is 0 Å². The fourth-order valence-electron chi connectivity index (χ4n) is 3.36. The number of unbranched alkanes of at least 4 members (excludes halogenated alkanes) is 2. The van der Waals surface area contributed by atoms with Gasteiger partial charge in [0.15, 0.2) is 0 Å². The molecule has 0 bridgehead atoms. The van der Waals surface area contributed by atoms with Gasteiger partial charge in [0.25, 0.3) is 0 Å². The molecule has 4 nitrogen and oxygen atoms in total. The Morgan fingerprint density at radius 1 is 0.545 bits per heavy atom. The van der Waals surface area contributed by atoms with Crippen LogP contribution in [0.2, 0.25) is 51.4 Å². The van der Waals surface area contributed by atoms with Crippen LogP contribution in [0.3, 0.4) is 0 Å². The second-order valence-electron chi connectivity index (χ2n) is 7.68. The first-order chi connectivity index (χ1) is 9.95. The summed E-state index contributed by atoms with van der Waals surface area (Å²) in [5.41, 5.74) is 0. The second kappa shape index (κ2) is 7.73. The lowest BCUT2D eigenvalue weighted by Gasteiger charge is -2.48. The Bertz CT molecular complexity index is 313. The summed E-state index contributed by atoms with van der Waals surface area (Å²) < 4.78 is 26.4. The van der Waals surface area contributed by atoms with Crippen molar-refractivity contribution >= 4 is 34.2 Å². The molecule has 0 spiro atoms. The highest BCUT2D eigenvalue weighted by atomic mass is 28.5. The molecule has 0 aromatic rings. The lowest BCUT2D eigenvalue weighted by atomic mass is 10.4. The molecule has 132 valence electrons. The molecule has 1 fully saturated rings. The first-order valence-corrected chi connectivity index (χ1v) is 19.4. The molecular weight excluding hydrogens is 344 g/mol. The van der Waals surface area contributed by atoms with Crippen molar-refractivity contribution in [3.8, 4) is 0 Å². The van der Waals surface area contributed by atoms with Gasteiger partial charge in [-0.3, -0.25) is 0 Å². The Hall–Kier alpha value is 0.708. The summed E-state index contributed by atoms with van der Waals surface area (Å²) in [5, 5.41) is 0. The fraction of sp³-hybridized carbons (Fsp3) is 1.00. The predicted octanol–water partition coefficient (Wildman–Crippen LogP) is 5.21. The van der Waals surface area contributed by atoms with Crippen LogP contribution in [0.1, 0.15) is 39.5 Å². The monoisotopic (exact) mass is 380 g/mol. The van der Waals surface area contributed by atoms with Gasteiger partial charge in [0.1, 0.15) is 0 Å². The first kappa shape index (κ1) is 20.8. The van der Waals surface area contributed by atoms with E-state index in [1.165, 1.54) is 12.8 Å². The molecule has 1 aliphatic rings. The van der Waals surface area contributed by atoms with E-state index >= 15 is 0 Å². The smallest absolute Gasteiger partial charge is 0.317 e. The van der Waals surface area contributed by atoms with Crippen LogP contribution >= 0.6 is 0 Å². The molecule has 0 aromatic heterocycles. The Kier molecular flexibility index (Phi) is 7.29. The van der Waals surface area contributed by atoms with Gasteiger partial charge in [0.05, 0.1) is 0 Å². The molecule has 0 radical (unpaired) electrons. The van der Waals surface area contributed by atoms with Crippen LogP contribution in [0.15, 0.2) is 0 Å². The van der Waals surface area contributed by atoms with Gasteiger partial charge < -0.3 is 16.5 Å². The summed E-state index contributed by atoms with van der Waals surface area (Å²) in [6.07, 6.45) is 4.65. The van der Waals surface area contributed by atoms with Crippen LogP contribution in [-0.4, -0.2) is 34.2 Å². The van der Waals surface area contributed by atoms with Crippen molar-refractivity contribution in [3.63, 3.8) is 0 Å². The molecule has 1 aliphatic heterocycles. The molecule has 0 saturated carbocycles. The minimum atomic E-state index is -2.21. The standard InChI is InChI=1S/C14H36O4Si4/c1-9-11-13-21(7)15-19(3,4)17-22(8,14-12-10-2)18-20(5,6)16-21/h9-14H2,1-8H3. The lowest BCUT2D eigenvalue weighted by Crippen LogP contribution is -2.65. The zero-order valence-corrected chi connectivity index (χ0v) is 19.9. The minimum absolute atomic E-state index is 1.04. The van der Waals surface area contributed by atoms with Crippen molar-refractivity contribution in [2.24, 2.45) is 0 Å². The third-order valence-corrected chi connectivity index (χ3v) is 21.1. The van der Waals surface area contributed by atoms with Crippen molar-refractivity contribution in [2.45, 2.75) is 90.9 Å². The van der Waals surface area contributed by atoms with Crippen LogP contribution in [0.4, 0.5) is 0 Å². The summed E-state index contributed by atoms with van der Waals surface area (Å²) >= 11 is 0. The maximum Gasteiger partial charge on any atom is 0.317 e. The van der Waals surface area contributed by atoms with Gasteiger partial charge in [0.2, 0.25) is 0 Å². The fourth-order valence-corrected chi connectivity index (χ4v) is 25.8. The molecule has 1 heterocycles. The van der Waals surface area contributed by atoms with Crippen molar-refractivity contribution in [2.75, 3.05) is 0 Å². The van der Waals surface area contributed by atoms with Gasteiger partial charge in [-0.2, -0.15) is 0 Å². The van der Waals surface area contributed by atoms with Crippen LogP contribution in [0.25, 0.3) is 0 Å². The number of hydrogen-bond donors (Lipinski definition) is 0. The third kappa shape index (κ3) is 6.68. The molecule has 1 saturated heterocycles. The summed E-state index contributed by atoms with van der Waals surface area (Å²) in [5.74, 6) is 0. The average molecular weight is 381 g/mol. The highest BCUT2D eigenvalue weighted by Gasteiger charge is 2.53. The van der Waals surface area contributed by atoms with Gasteiger partial charge in [0, 0.05) is 0 Å². The van der Waals surface area contributed by atoms with E-state index in [0.29, 0.717) is 0 Å². The van der Waals surface area contributed by atoms with E-state index in [0.717, 1.165) is 24.9 Å². The van der Waals surface area contributed by atoms with Gasteiger partial charge in [-0.05, 0) is 51.4 Å². The van der Waals surface area contributed by atoms with E-state index in [4.69, 9.17) is 16.5 Å². The van der Waals surface area contributed by atoms with Gasteiger partial charge in [-0.1, -0.05) is 39.5 Å². The second-order valence-corrected chi connectivity index (χ2v) is 22.1. The summed E-state index contributed by atoms with van der Waals surface area (Å²) in [6.45, 7) is 17.5. The molecule has 0 unspecified atom stereocenters. The van der Waals surface area contributed by atoms with E-state index in [9.17, 15) is 0 Å². The summed E-state index contributed by atoms with van der Waals surface area (Å²) in [7, 11) is -8.84. The molecule has 22 heavy (non-hydrogen) atoms. The number of rotatable bonds is 6. The molecule has 1 rings (SSSR count). The third-order valence-electron chi connectivity index (χ3n) is 3.82. The van der Waals surface area contributed by atoms with E-state index in [2.05, 4.69) is 53.1 Å². The Morgan fingerprint density at radius 2 is 0.818 bits per heavy atom. The minimum Gasteiger partial charge on any atom is -0.416 e. The maximum atomic E-state index is 6.60. The van der Waals surface area contributed by atoms with E-state index in [-0.39, 0.29) is 0 Å². The van der Waals surface area contributed by atoms with Gasteiger partial charge >= 0.3 is 34.2 Å². The highest BCUT2D eigenvalue weighted by Crippen LogP contribution is 2.35. The van der Waals surface area contributed by atoms with Crippen LogP contribution in [0.5, 0.6) is 0 Å². The highest BCUT2D eigenvalue weighted by molar-refractivity contribution is 6.93. The lowest BCUT2D eigenvalue weighted by molar-refractivity contribution is 0.229. The average Bonchev–Trinajstić information content (AvgIpc) is 2.29. The van der Waals surface area contributed by atoms with E-state index in [1.54, 1.807) is 0 Å². The van der Waals surface area contributed by atoms with Crippen molar-refractivity contribution < 1.29 is 16.5 Å². The summed E-state index contributed by atoms with van der Waals surface area (Å²) in [4.78, 5) is 0. The zero-order chi connectivity index (χ0) is 17.1. The van der Waals surface area contributed by atoms with E-state index in [1.807, 2.05) is 0 Å². The number of hydrogen-bond acceptors (Lipinski definition) is 4. The Balaban J connectivity index is 2.99. The SMILES string of the molecule is CCCC[Si]1(C)O[Si](C)(C)O[Si](C)(CCCC)O[Si](C)(C)O1. The largest absolute Gasteiger partial charge is 0.416 e. The molecule has 0 aliphatic carbocycles. The maximum absolute atomic E-state index is 6.60. The topological polar surface area (TPSA) is 36.9 Å². The molecule has 0 atom stereocenters. The molecule has 0 amide bonds. The van der Waals surface area contributed by atoms with Crippen LogP contribution in [-0.2, 0) is 16.5 Å². The first-order valence-electron chi connectivity index (χ1n) is 8.75. The normalized spacial score (nSPS) is 34.9. The summed E-state index contributed by atoms with van der Waals surface area (Å²) in [6, 6.07) is 2.08. The van der Waals surface area contributed by atoms with Gasteiger partial charge in [-0.25, -0.2) is 0 Å². The quantitative estimate of drug-likeness (QED) is 0.592. The Morgan fingerprint density at radius 3 is 1.05 bits per heavy atom. The molecule has 0 N–H and O–H groups in total. The van der Waals surface area contributed by atoms with Crippen molar-refractivity contribution in [1.82, 2.24) is 0 Å². The Labute approximate surface area is 141 Å². The molecular formula is C14H36O4Si4. The van der Waals surface area contributed by atoms with Crippen LogP contribution < -0.4 is 0 Å².